The average molecular weight is 389 g/mol. The van der Waals surface area contributed by atoms with Crippen LogP contribution in [0.2, 0.25) is 0 Å². The van der Waals surface area contributed by atoms with Crippen molar-refractivity contribution in [3.05, 3.63) is 59.9 Å². The van der Waals surface area contributed by atoms with Crippen molar-refractivity contribution in [2.45, 2.75) is 25.1 Å². The smallest absolute Gasteiger partial charge is 0.416 e. The highest BCUT2D eigenvalue weighted by Gasteiger charge is 2.31. The van der Waals surface area contributed by atoms with Crippen LogP contribution in [-0.4, -0.2) is 40.0 Å². The number of hydrogen-bond donors (Lipinski definition) is 1. The van der Waals surface area contributed by atoms with Crippen molar-refractivity contribution in [2.75, 3.05) is 13.1 Å². The lowest BCUT2D eigenvalue weighted by Crippen LogP contribution is -2.41. The van der Waals surface area contributed by atoms with Gasteiger partial charge in [-0.2, -0.15) is 13.2 Å². The van der Waals surface area contributed by atoms with Gasteiger partial charge in [0.15, 0.2) is 0 Å². The number of amides is 1. The van der Waals surface area contributed by atoms with Crippen LogP contribution < -0.4 is 4.74 Å². The molecule has 28 heavy (non-hydrogen) atoms. The second-order valence-electron chi connectivity index (χ2n) is 6.77. The van der Waals surface area contributed by atoms with Gasteiger partial charge in [-0.1, -0.05) is 6.07 Å². The van der Waals surface area contributed by atoms with Crippen LogP contribution in [0.25, 0.3) is 10.9 Å². The maximum Gasteiger partial charge on any atom is 0.416 e. The highest BCUT2D eigenvalue weighted by molar-refractivity contribution is 5.98. The molecule has 0 radical (unpaired) electrons. The Balaban J connectivity index is 1.37. The number of nitrogens with zero attached hydrogens (tertiary/aromatic N) is 2. The van der Waals surface area contributed by atoms with Crippen molar-refractivity contribution in [1.29, 1.82) is 0 Å². The number of benzene rings is 1. The van der Waals surface area contributed by atoms with E-state index in [-0.39, 0.29) is 17.9 Å². The van der Waals surface area contributed by atoms with Crippen LogP contribution in [0.3, 0.4) is 0 Å². The molecule has 5 nitrogen and oxygen atoms in total. The molecule has 1 fully saturated rings. The first-order chi connectivity index (χ1) is 13.4. The third-order valence-corrected chi connectivity index (χ3v) is 4.88. The number of H-pyrrole nitrogens is 1. The molecule has 146 valence electrons. The third kappa shape index (κ3) is 3.81. The summed E-state index contributed by atoms with van der Waals surface area (Å²) in [6.45, 7) is 0.955. The van der Waals surface area contributed by atoms with E-state index >= 15 is 0 Å². The number of likely N-dealkylation sites (tertiary alicyclic amines) is 1. The molecule has 1 N–H and O–H groups in total. The van der Waals surface area contributed by atoms with Crippen LogP contribution in [0.5, 0.6) is 5.88 Å². The summed E-state index contributed by atoms with van der Waals surface area (Å²) in [7, 11) is 0. The van der Waals surface area contributed by atoms with E-state index in [2.05, 4.69) is 9.97 Å². The van der Waals surface area contributed by atoms with Gasteiger partial charge in [-0.3, -0.25) is 4.79 Å². The van der Waals surface area contributed by atoms with Gasteiger partial charge in [0.1, 0.15) is 6.10 Å². The lowest BCUT2D eigenvalue weighted by atomic mass is 10.1. The number of alkyl halides is 3. The Morgan fingerprint density at radius 1 is 1.14 bits per heavy atom. The van der Waals surface area contributed by atoms with Gasteiger partial charge in [0.05, 0.1) is 5.56 Å². The van der Waals surface area contributed by atoms with Crippen LogP contribution in [0.4, 0.5) is 13.2 Å². The molecule has 0 aliphatic carbocycles. The Kier molecular flexibility index (Phi) is 4.70. The number of halogens is 3. The third-order valence-electron chi connectivity index (χ3n) is 4.88. The summed E-state index contributed by atoms with van der Waals surface area (Å²) in [4.78, 5) is 21.4. The lowest BCUT2D eigenvalue weighted by Gasteiger charge is -2.32. The maximum atomic E-state index is 12.8. The van der Waals surface area contributed by atoms with Crippen LogP contribution in [0.1, 0.15) is 28.8 Å². The zero-order valence-electron chi connectivity index (χ0n) is 14.9. The predicted molar refractivity (Wildman–Crippen MR) is 97.1 cm³/mol. The van der Waals surface area contributed by atoms with Crippen molar-refractivity contribution < 1.29 is 22.7 Å². The Bertz CT molecular complexity index is 992. The summed E-state index contributed by atoms with van der Waals surface area (Å²) in [5.41, 5.74) is 0.721. The first-order valence-electron chi connectivity index (χ1n) is 8.96. The molecule has 1 saturated heterocycles. The van der Waals surface area contributed by atoms with Crippen molar-refractivity contribution in [3.63, 3.8) is 0 Å². The number of hydrogen-bond acceptors (Lipinski definition) is 3. The molecule has 8 heteroatoms. The number of aromatic amines is 1. The Morgan fingerprint density at radius 3 is 2.68 bits per heavy atom. The highest BCUT2D eigenvalue weighted by Crippen LogP contribution is 2.31. The summed E-state index contributed by atoms with van der Waals surface area (Å²) >= 11 is 0. The van der Waals surface area contributed by atoms with Gasteiger partial charge < -0.3 is 14.6 Å². The minimum atomic E-state index is -4.43. The quantitative estimate of drug-likeness (QED) is 0.728. The molecule has 0 bridgehead atoms. The van der Waals surface area contributed by atoms with E-state index in [9.17, 15) is 18.0 Å². The summed E-state index contributed by atoms with van der Waals surface area (Å²) in [6, 6.07) is 9.28. The topological polar surface area (TPSA) is 58.2 Å². The van der Waals surface area contributed by atoms with E-state index in [0.29, 0.717) is 31.5 Å². The predicted octanol–water partition coefficient (Wildman–Crippen LogP) is 4.27. The van der Waals surface area contributed by atoms with E-state index in [0.717, 1.165) is 29.2 Å². The first-order valence-corrected chi connectivity index (χ1v) is 8.96. The lowest BCUT2D eigenvalue weighted by molar-refractivity contribution is -0.137. The molecule has 3 heterocycles. The summed E-state index contributed by atoms with van der Waals surface area (Å²) < 4.78 is 44.0. The van der Waals surface area contributed by atoms with Gasteiger partial charge in [0.25, 0.3) is 5.91 Å². The van der Waals surface area contributed by atoms with Crippen molar-refractivity contribution in [2.24, 2.45) is 0 Å². The molecule has 3 aromatic rings. The van der Waals surface area contributed by atoms with Gasteiger partial charge in [0, 0.05) is 55.5 Å². The van der Waals surface area contributed by atoms with E-state index < -0.39 is 11.7 Å². The molecule has 2 aromatic heterocycles. The fourth-order valence-corrected chi connectivity index (χ4v) is 3.36. The summed E-state index contributed by atoms with van der Waals surface area (Å²) in [6.07, 6.45) is -0.720. The van der Waals surface area contributed by atoms with Crippen LogP contribution in [-0.2, 0) is 6.18 Å². The van der Waals surface area contributed by atoms with Gasteiger partial charge in [-0.25, -0.2) is 4.98 Å². The number of carbonyl (C=O) groups excluding carboxylic acids is 1. The fraction of sp³-hybridized carbons (Fsp3) is 0.300. The number of aromatic nitrogens is 2. The molecule has 1 aromatic carbocycles. The molecular weight excluding hydrogens is 371 g/mol. The molecular formula is C20H18F3N3O2. The molecule has 1 aliphatic rings. The number of nitrogens with one attached hydrogen (secondary N) is 1. The first kappa shape index (κ1) is 18.3. The number of rotatable bonds is 3. The molecule has 0 spiro atoms. The van der Waals surface area contributed by atoms with E-state index in [1.54, 1.807) is 11.0 Å². The van der Waals surface area contributed by atoms with Crippen LogP contribution in [0.15, 0.2) is 48.8 Å². The minimum Gasteiger partial charge on any atom is -0.474 e. The average Bonchev–Trinajstić information content (AvgIpc) is 3.15. The van der Waals surface area contributed by atoms with E-state index in [4.69, 9.17) is 4.74 Å². The zero-order chi connectivity index (χ0) is 19.7. The standard InChI is InChI=1S/C20H18F3N3O2/c21-20(22,23)15-4-8-25-18(12-15)28-16-5-9-26(10-6-16)19(27)14-2-1-13-3-7-24-17(13)11-14/h1-4,7-8,11-12,16,24H,5-6,9-10H2. The number of piperidine rings is 1. The van der Waals surface area contributed by atoms with Crippen LogP contribution >= 0.6 is 0 Å². The molecule has 1 aliphatic heterocycles. The Labute approximate surface area is 159 Å². The monoisotopic (exact) mass is 389 g/mol. The molecule has 0 saturated carbocycles. The number of carbonyl (C=O) groups is 1. The largest absolute Gasteiger partial charge is 0.474 e. The Hall–Kier alpha value is -3.03. The van der Waals surface area contributed by atoms with E-state index in [1.807, 2.05) is 24.4 Å². The van der Waals surface area contributed by atoms with Crippen molar-refractivity contribution >= 4 is 16.8 Å². The SMILES string of the molecule is O=C(c1ccc2cc[nH]c2c1)N1CCC(Oc2cc(C(F)(F)F)ccn2)CC1. The number of fused-ring (bicyclic) bond motifs is 1. The fourth-order valence-electron chi connectivity index (χ4n) is 3.36. The molecule has 4 rings (SSSR count). The Morgan fingerprint density at radius 2 is 1.93 bits per heavy atom. The normalized spacial score (nSPS) is 15.8. The number of pyridine rings is 1. The number of ether oxygens (including phenoxy) is 1. The molecule has 0 unspecified atom stereocenters. The highest BCUT2D eigenvalue weighted by atomic mass is 19.4. The van der Waals surface area contributed by atoms with Gasteiger partial charge in [-0.15, -0.1) is 0 Å². The zero-order valence-corrected chi connectivity index (χ0v) is 14.9. The van der Waals surface area contributed by atoms with Gasteiger partial charge in [0.2, 0.25) is 5.88 Å². The summed E-state index contributed by atoms with van der Waals surface area (Å²) in [5.74, 6) is -0.107. The second kappa shape index (κ2) is 7.18. The maximum absolute atomic E-state index is 12.8. The van der Waals surface area contributed by atoms with Crippen LogP contribution in [0, 0.1) is 0 Å². The van der Waals surface area contributed by atoms with Crippen molar-refractivity contribution in [3.8, 4) is 5.88 Å². The van der Waals surface area contributed by atoms with Crippen molar-refractivity contribution in [1.82, 2.24) is 14.9 Å². The van der Waals surface area contributed by atoms with Gasteiger partial charge >= 0.3 is 6.18 Å². The minimum absolute atomic E-state index is 0.0446. The second-order valence-corrected chi connectivity index (χ2v) is 6.77. The molecule has 0 atom stereocenters. The van der Waals surface area contributed by atoms with Gasteiger partial charge in [-0.05, 0) is 29.7 Å². The summed E-state index contributed by atoms with van der Waals surface area (Å²) in [5, 5.41) is 1.04. The molecule has 1 amide bonds. The van der Waals surface area contributed by atoms with E-state index in [1.165, 1.54) is 0 Å².